The third kappa shape index (κ3) is 5.14. The Morgan fingerprint density at radius 1 is 1.35 bits per heavy atom. The molecule has 0 unspecified atom stereocenters. The smallest absolute Gasteiger partial charge is 0.239 e. The van der Waals surface area contributed by atoms with Gasteiger partial charge in [0.25, 0.3) is 0 Å². The zero-order valence-electron chi connectivity index (χ0n) is 14.9. The molecule has 2 rings (SSSR count). The Morgan fingerprint density at radius 3 is 2.74 bits per heavy atom. The highest BCUT2D eigenvalue weighted by molar-refractivity contribution is 5.81. The predicted molar refractivity (Wildman–Crippen MR) is 90.2 cm³/mol. The Morgan fingerprint density at radius 2 is 2.09 bits per heavy atom. The monoisotopic (exact) mass is 327 g/mol. The molecule has 6 nitrogen and oxygen atoms in total. The third-order valence-electron chi connectivity index (χ3n) is 4.59. The number of ether oxygens (including phenoxy) is 2. The molecule has 6 heteroatoms. The SMILES string of the molecule is CCOCCCN1CC2(C1)CN(C(=O)[C@@H](N)CC(C)C)CCO2. The summed E-state index contributed by atoms with van der Waals surface area (Å²) in [6.45, 7) is 12.6. The van der Waals surface area contributed by atoms with Gasteiger partial charge in [0.05, 0.1) is 19.2 Å². The Hall–Kier alpha value is -0.690. The van der Waals surface area contributed by atoms with E-state index in [1.54, 1.807) is 0 Å². The number of nitrogens with two attached hydrogens (primary N) is 1. The molecule has 134 valence electrons. The summed E-state index contributed by atoms with van der Waals surface area (Å²) in [5.74, 6) is 0.518. The van der Waals surface area contributed by atoms with Gasteiger partial charge in [-0.1, -0.05) is 13.8 Å². The van der Waals surface area contributed by atoms with Gasteiger partial charge in [-0.3, -0.25) is 9.69 Å². The van der Waals surface area contributed by atoms with Crippen LogP contribution in [0.5, 0.6) is 0 Å². The van der Waals surface area contributed by atoms with Crippen molar-refractivity contribution in [1.82, 2.24) is 9.80 Å². The van der Waals surface area contributed by atoms with Gasteiger partial charge in [-0.15, -0.1) is 0 Å². The van der Waals surface area contributed by atoms with Crippen LogP contribution < -0.4 is 5.73 Å². The van der Waals surface area contributed by atoms with Crippen molar-refractivity contribution in [3.8, 4) is 0 Å². The summed E-state index contributed by atoms with van der Waals surface area (Å²) in [5, 5.41) is 0. The minimum atomic E-state index is -0.382. The number of amides is 1. The van der Waals surface area contributed by atoms with Gasteiger partial charge >= 0.3 is 0 Å². The van der Waals surface area contributed by atoms with E-state index >= 15 is 0 Å². The molecule has 0 aromatic carbocycles. The van der Waals surface area contributed by atoms with Gasteiger partial charge in [0, 0.05) is 39.4 Å². The van der Waals surface area contributed by atoms with E-state index in [4.69, 9.17) is 15.2 Å². The minimum Gasteiger partial charge on any atom is -0.382 e. The molecule has 0 bridgehead atoms. The number of morpholine rings is 1. The van der Waals surface area contributed by atoms with E-state index in [0.29, 0.717) is 25.6 Å². The molecule has 2 fully saturated rings. The largest absolute Gasteiger partial charge is 0.382 e. The molecular formula is C17H33N3O3. The molecule has 2 heterocycles. The lowest BCUT2D eigenvalue weighted by Gasteiger charge is -2.54. The van der Waals surface area contributed by atoms with Crippen LogP contribution >= 0.6 is 0 Å². The van der Waals surface area contributed by atoms with Crippen LogP contribution in [0.1, 0.15) is 33.6 Å². The fourth-order valence-corrected chi connectivity index (χ4v) is 3.53. The number of rotatable bonds is 8. The van der Waals surface area contributed by atoms with Crippen molar-refractivity contribution in [3.05, 3.63) is 0 Å². The van der Waals surface area contributed by atoms with Crippen LogP contribution in [0.15, 0.2) is 0 Å². The molecule has 0 aliphatic carbocycles. The number of carbonyl (C=O) groups excluding carboxylic acids is 1. The van der Waals surface area contributed by atoms with Gasteiger partial charge in [-0.25, -0.2) is 0 Å². The summed E-state index contributed by atoms with van der Waals surface area (Å²) >= 11 is 0. The summed E-state index contributed by atoms with van der Waals surface area (Å²) in [6.07, 6.45) is 1.79. The molecule has 0 aromatic rings. The van der Waals surface area contributed by atoms with Crippen LogP contribution in [0.4, 0.5) is 0 Å². The Balaban J connectivity index is 1.75. The van der Waals surface area contributed by atoms with Crippen molar-refractivity contribution in [1.29, 1.82) is 0 Å². The predicted octanol–water partition coefficient (Wildman–Crippen LogP) is 0.700. The van der Waals surface area contributed by atoms with E-state index in [2.05, 4.69) is 18.7 Å². The second-order valence-corrected chi connectivity index (χ2v) is 7.29. The van der Waals surface area contributed by atoms with E-state index < -0.39 is 0 Å². The normalized spacial score (nSPS) is 22.4. The van der Waals surface area contributed by atoms with Gasteiger partial charge in [0.1, 0.15) is 5.60 Å². The Bertz CT molecular complexity index is 383. The maximum absolute atomic E-state index is 12.5. The standard InChI is InChI=1S/C17H33N3O3/c1-4-22-8-5-6-19-11-17(12-19)13-20(7-9-23-17)16(21)15(18)10-14(2)3/h14-15H,4-13,18H2,1-3H3/t15-/m0/s1. The van der Waals surface area contributed by atoms with Crippen molar-refractivity contribution in [2.24, 2.45) is 11.7 Å². The third-order valence-corrected chi connectivity index (χ3v) is 4.59. The second kappa shape index (κ2) is 8.42. The lowest BCUT2D eigenvalue weighted by Crippen LogP contribution is -2.71. The molecule has 1 amide bonds. The van der Waals surface area contributed by atoms with E-state index in [1.165, 1.54) is 0 Å². The fraction of sp³-hybridized carbons (Fsp3) is 0.941. The molecule has 2 saturated heterocycles. The van der Waals surface area contributed by atoms with E-state index in [-0.39, 0.29) is 17.6 Å². The highest BCUT2D eigenvalue weighted by Gasteiger charge is 2.48. The first kappa shape index (κ1) is 18.6. The Labute approximate surface area is 140 Å². The molecule has 1 spiro atoms. The molecule has 2 aliphatic heterocycles. The highest BCUT2D eigenvalue weighted by Crippen LogP contribution is 2.29. The van der Waals surface area contributed by atoms with Crippen molar-refractivity contribution in [3.63, 3.8) is 0 Å². The van der Waals surface area contributed by atoms with Crippen molar-refractivity contribution >= 4 is 5.91 Å². The van der Waals surface area contributed by atoms with E-state index in [0.717, 1.165) is 45.7 Å². The van der Waals surface area contributed by atoms with Crippen LogP contribution in [0.2, 0.25) is 0 Å². The first-order chi connectivity index (χ1) is 11.0. The van der Waals surface area contributed by atoms with Gasteiger partial charge in [0.2, 0.25) is 5.91 Å². The number of nitrogens with zero attached hydrogens (tertiary/aromatic N) is 2. The summed E-state index contributed by atoms with van der Waals surface area (Å²) < 4.78 is 11.4. The zero-order chi connectivity index (χ0) is 16.9. The van der Waals surface area contributed by atoms with Crippen LogP contribution in [0, 0.1) is 5.92 Å². The molecule has 23 heavy (non-hydrogen) atoms. The number of hydrogen-bond acceptors (Lipinski definition) is 5. The maximum Gasteiger partial charge on any atom is 0.239 e. The molecule has 0 saturated carbocycles. The van der Waals surface area contributed by atoms with Crippen LogP contribution in [0.3, 0.4) is 0 Å². The van der Waals surface area contributed by atoms with Gasteiger partial charge in [-0.05, 0) is 25.7 Å². The molecule has 2 aliphatic rings. The summed E-state index contributed by atoms with van der Waals surface area (Å²) in [4.78, 5) is 16.8. The summed E-state index contributed by atoms with van der Waals surface area (Å²) in [5.41, 5.74) is 5.89. The minimum absolute atomic E-state index is 0.0798. The average Bonchev–Trinajstić information content (AvgIpc) is 2.48. The summed E-state index contributed by atoms with van der Waals surface area (Å²) in [6, 6.07) is -0.382. The lowest BCUT2D eigenvalue weighted by molar-refractivity contribution is -0.190. The Kier molecular flexibility index (Phi) is 6.83. The fourth-order valence-electron chi connectivity index (χ4n) is 3.53. The number of hydrogen-bond donors (Lipinski definition) is 1. The average molecular weight is 327 g/mol. The van der Waals surface area contributed by atoms with Crippen LogP contribution in [-0.4, -0.2) is 79.9 Å². The highest BCUT2D eigenvalue weighted by atomic mass is 16.5. The topological polar surface area (TPSA) is 68.0 Å². The molecular weight excluding hydrogens is 294 g/mol. The lowest BCUT2D eigenvalue weighted by atomic mass is 9.91. The molecule has 0 aromatic heterocycles. The van der Waals surface area contributed by atoms with Crippen LogP contribution in [0.25, 0.3) is 0 Å². The molecule has 2 N–H and O–H groups in total. The van der Waals surface area contributed by atoms with Crippen LogP contribution in [-0.2, 0) is 14.3 Å². The number of likely N-dealkylation sites (tertiary alicyclic amines) is 1. The van der Waals surface area contributed by atoms with Crippen molar-refractivity contribution < 1.29 is 14.3 Å². The second-order valence-electron chi connectivity index (χ2n) is 7.29. The van der Waals surface area contributed by atoms with Crippen molar-refractivity contribution in [2.75, 3.05) is 52.5 Å². The van der Waals surface area contributed by atoms with Crippen molar-refractivity contribution in [2.45, 2.75) is 45.3 Å². The first-order valence-electron chi connectivity index (χ1n) is 8.94. The maximum atomic E-state index is 12.5. The summed E-state index contributed by atoms with van der Waals surface area (Å²) in [7, 11) is 0. The quantitative estimate of drug-likeness (QED) is 0.665. The van der Waals surface area contributed by atoms with E-state index in [1.807, 2.05) is 11.8 Å². The first-order valence-corrected chi connectivity index (χ1v) is 8.94. The molecule has 1 atom stereocenters. The van der Waals surface area contributed by atoms with Gasteiger partial charge < -0.3 is 20.1 Å². The van der Waals surface area contributed by atoms with E-state index in [9.17, 15) is 4.79 Å². The zero-order valence-corrected chi connectivity index (χ0v) is 14.9. The number of carbonyl (C=O) groups is 1. The molecule has 0 radical (unpaired) electrons. The van der Waals surface area contributed by atoms with Gasteiger partial charge in [-0.2, -0.15) is 0 Å². The van der Waals surface area contributed by atoms with Gasteiger partial charge in [0.15, 0.2) is 0 Å².